The molecule has 0 saturated carbocycles. The third kappa shape index (κ3) is 52.0. The highest BCUT2D eigenvalue weighted by molar-refractivity contribution is 5.76. The van der Waals surface area contributed by atoms with Gasteiger partial charge in [0, 0.05) is 12.8 Å². The smallest absolute Gasteiger partial charge is 0.305 e. The molecule has 1 amide bonds. The van der Waals surface area contributed by atoms with Gasteiger partial charge in [0.1, 0.15) is 0 Å². The molecule has 0 bridgehead atoms. The van der Waals surface area contributed by atoms with Crippen molar-refractivity contribution < 1.29 is 24.5 Å². The standard InChI is InChI=1S/C60H117NO5/c1-3-5-7-9-11-13-15-17-30-34-38-42-46-50-54-60(65)66-55-51-47-43-39-35-31-28-26-24-22-20-18-19-21-23-25-27-29-33-37-41-45-49-53-59(64)61-57(56-62)58(63)52-48-44-40-36-32-16-14-12-10-8-6-4-2/h21,23,57-58,62-63H,3-20,22,24-56H2,1-2H3,(H,61,64)/b23-21-. The van der Waals surface area contributed by atoms with E-state index in [2.05, 4.69) is 31.3 Å². The van der Waals surface area contributed by atoms with E-state index in [4.69, 9.17) is 4.74 Å². The molecule has 0 aromatic heterocycles. The first-order valence-corrected chi connectivity index (χ1v) is 29.9. The summed E-state index contributed by atoms with van der Waals surface area (Å²) in [5, 5.41) is 23.2. The Morgan fingerprint density at radius 1 is 0.409 bits per heavy atom. The summed E-state index contributed by atoms with van der Waals surface area (Å²) < 4.78 is 5.48. The Morgan fingerprint density at radius 3 is 1.08 bits per heavy atom. The number of hydrogen-bond donors (Lipinski definition) is 3. The van der Waals surface area contributed by atoms with E-state index >= 15 is 0 Å². The molecule has 0 spiro atoms. The Balaban J connectivity index is 3.38. The minimum atomic E-state index is -0.666. The lowest BCUT2D eigenvalue weighted by atomic mass is 10.0. The molecule has 0 rings (SSSR count). The van der Waals surface area contributed by atoms with Crippen molar-refractivity contribution in [1.29, 1.82) is 0 Å². The molecule has 392 valence electrons. The van der Waals surface area contributed by atoms with Crippen molar-refractivity contribution in [3.8, 4) is 0 Å². The molecule has 0 fully saturated rings. The number of esters is 1. The van der Waals surface area contributed by atoms with Crippen LogP contribution in [0.3, 0.4) is 0 Å². The Labute approximate surface area is 412 Å². The maximum Gasteiger partial charge on any atom is 0.305 e. The van der Waals surface area contributed by atoms with Crippen molar-refractivity contribution >= 4 is 11.9 Å². The molecule has 0 aliphatic carbocycles. The number of rotatable bonds is 56. The molecular formula is C60H117NO5. The molecule has 0 radical (unpaired) electrons. The highest BCUT2D eigenvalue weighted by Crippen LogP contribution is 2.17. The predicted octanol–water partition coefficient (Wildman–Crippen LogP) is 18.5. The van der Waals surface area contributed by atoms with Crippen molar-refractivity contribution in [3.63, 3.8) is 0 Å². The van der Waals surface area contributed by atoms with Crippen molar-refractivity contribution in [2.45, 2.75) is 347 Å². The average Bonchev–Trinajstić information content (AvgIpc) is 3.32. The second-order valence-corrected chi connectivity index (χ2v) is 20.7. The maximum absolute atomic E-state index is 12.4. The van der Waals surface area contributed by atoms with Crippen LogP contribution in [0.15, 0.2) is 12.2 Å². The van der Waals surface area contributed by atoms with Gasteiger partial charge in [-0.15, -0.1) is 0 Å². The van der Waals surface area contributed by atoms with Crippen LogP contribution in [0.2, 0.25) is 0 Å². The number of aliphatic hydroxyl groups is 2. The molecule has 2 atom stereocenters. The highest BCUT2D eigenvalue weighted by Gasteiger charge is 2.20. The first-order chi connectivity index (χ1) is 32.5. The number of unbranched alkanes of at least 4 members (excludes halogenated alkanes) is 43. The number of allylic oxidation sites excluding steroid dienone is 2. The minimum absolute atomic E-state index is 0.0142. The summed E-state index contributed by atoms with van der Waals surface area (Å²) in [6.45, 7) is 4.96. The predicted molar refractivity (Wildman–Crippen MR) is 287 cm³/mol. The molecule has 0 aliphatic rings. The summed E-state index contributed by atoms with van der Waals surface area (Å²) in [4.78, 5) is 24.5. The van der Waals surface area contributed by atoms with Crippen LogP contribution in [-0.2, 0) is 14.3 Å². The van der Waals surface area contributed by atoms with Gasteiger partial charge in [0.15, 0.2) is 0 Å². The number of ether oxygens (including phenoxy) is 1. The van der Waals surface area contributed by atoms with Gasteiger partial charge in [0.2, 0.25) is 5.91 Å². The van der Waals surface area contributed by atoms with Crippen molar-refractivity contribution in [2.75, 3.05) is 13.2 Å². The van der Waals surface area contributed by atoms with Crippen LogP contribution < -0.4 is 5.32 Å². The van der Waals surface area contributed by atoms with E-state index in [-0.39, 0.29) is 18.5 Å². The highest BCUT2D eigenvalue weighted by atomic mass is 16.5. The Bertz CT molecular complexity index is 986. The SMILES string of the molecule is CCCCCCCCCCCCCCCCC(=O)OCCCCCCCCCCCCCC/C=C\CCCCCCCCCC(=O)NC(CO)C(O)CCCCCCCCCCCCCC. The van der Waals surface area contributed by atoms with Gasteiger partial charge >= 0.3 is 5.97 Å². The number of amides is 1. The van der Waals surface area contributed by atoms with Crippen LogP contribution in [0.1, 0.15) is 335 Å². The largest absolute Gasteiger partial charge is 0.466 e. The van der Waals surface area contributed by atoms with Crippen LogP contribution in [0.25, 0.3) is 0 Å². The molecule has 0 saturated heterocycles. The second kappa shape index (κ2) is 56.2. The third-order valence-electron chi connectivity index (χ3n) is 14.1. The van der Waals surface area contributed by atoms with Gasteiger partial charge in [0.05, 0.1) is 25.4 Å². The van der Waals surface area contributed by atoms with Crippen LogP contribution in [0.4, 0.5) is 0 Å². The summed E-state index contributed by atoms with van der Waals surface area (Å²) >= 11 is 0. The first-order valence-electron chi connectivity index (χ1n) is 29.9. The summed E-state index contributed by atoms with van der Waals surface area (Å²) in [5.41, 5.74) is 0. The van der Waals surface area contributed by atoms with Crippen molar-refractivity contribution in [1.82, 2.24) is 5.32 Å². The second-order valence-electron chi connectivity index (χ2n) is 20.7. The van der Waals surface area contributed by atoms with Crippen molar-refractivity contribution in [3.05, 3.63) is 12.2 Å². The monoisotopic (exact) mass is 932 g/mol. The van der Waals surface area contributed by atoms with E-state index in [1.54, 1.807) is 0 Å². The fraction of sp³-hybridized carbons (Fsp3) is 0.933. The molecule has 0 heterocycles. The van der Waals surface area contributed by atoms with Crippen LogP contribution in [0, 0.1) is 0 Å². The molecular weight excluding hydrogens is 815 g/mol. The van der Waals surface area contributed by atoms with Gasteiger partial charge in [0.25, 0.3) is 0 Å². The zero-order valence-corrected chi connectivity index (χ0v) is 44.7. The summed E-state index contributed by atoms with van der Waals surface area (Å²) in [6, 6.07) is -0.544. The van der Waals surface area contributed by atoms with E-state index in [1.807, 2.05) is 0 Å². The summed E-state index contributed by atoms with van der Waals surface area (Å²) in [5.74, 6) is -0.0263. The topological polar surface area (TPSA) is 95.9 Å². The van der Waals surface area contributed by atoms with E-state index in [9.17, 15) is 19.8 Å². The zero-order valence-electron chi connectivity index (χ0n) is 44.7. The lowest BCUT2D eigenvalue weighted by Gasteiger charge is -2.22. The van der Waals surface area contributed by atoms with Gasteiger partial charge in [-0.05, 0) is 51.4 Å². The fourth-order valence-electron chi connectivity index (χ4n) is 9.46. The van der Waals surface area contributed by atoms with Gasteiger partial charge in [-0.25, -0.2) is 0 Å². The number of nitrogens with one attached hydrogen (secondary N) is 1. The summed E-state index contributed by atoms with van der Waals surface area (Å²) in [7, 11) is 0. The van der Waals surface area contributed by atoms with Gasteiger partial charge in [-0.2, -0.15) is 0 Å². The molecule has 0 aromatic carbocycles. The Hall–Kier alpha value is -1.40. The number of hydrogen-bond acceptors (Lipinski definition) is 5. The minimum Gasteiger partial charge on any atom is -0.466 e. The third-order valence-corrected chi connectivity index (χ3v) is 14.1. The van der Waals surface area contributed by atoms with Gasteiger partial charge < -0.3 is 20.3 Å². The molecule has 6 nitrogen and oxygen atoms in total. The van der Waals surface area contributed by atoms with Crippen LogP contribution in [-0.4, -0.2) is 47.4 Å². The fourth-order valence-corrected chi connectivity index (χ4v) is 9.46. The first kappa shape index (κ1) is 64.6. The molecule has 2 unspecified atom stereocenters. The average molecular weight is 933 g/mol. The number of aliphatic hydroxyl groups excluding tert-OH is 2. The normalized spacial score (nSPS) is 12.6. The van der Waals surface area contributed by atoms with Crippen LogP contribution in [0.5, 0.6) is 0 Å². The van der Waals surface area contributed by atoms with E-state index in [1.165, 1.54) is 263 Å². The summed E-state index contributed by atoms with van der Waals surface area (Å²) in [6.07, 6.45) is 66.4. The van der Waals surface area contributed by atoms with E-state index in [0.29, 0.717) is 25.9 Å². The van der Waals surface area contributed by atoms with Gasteiger partial charge in [-0.1, -0.05) is 283 Å². The van der Waals surface area contributed by atoms with E-state index < -0.39 is 12.1 Å². The van der Waals surface area contributed by atoms with E-state index in [0.717, 1.165) is 38.5 Å². The molecule has 0 aromatic rings. The van der Waals surface area contributed by atoms with Crippen molar-refractivity contribution in [2.24, 2.45) is 0 Å². The van der Waals surface area contributed by atoms with Crippen LogP contribution >= 0.6 is 0 Å². The lowest BCUT2D eigenvalue weighted by molar-refractivity contribution is -0.143. The molecule has 3 N–H and O–H groups in total. The lowest BCUT2D eigenvalue weighted by Crippen LogP contribution is -2.45. The molecule has 66 heavy (non-hydrogen) atoms. The maximum atomic E-state index is 12.4. The number of carbonyl (C=O) groups excluding carboxylic acids is 2. The number of carbonyl (C=O) groups is 2. The quantitative estimate of drug-likeness (QED) is 0.0321. The van der Waals surface area contributed by atoms with Gasteiger partial charge in [-0.3, -0.25) is 9.59 Å². The Kier molecular flexibility index (Phi) is 55.0. The molecule has 0 aliphatic heterocycles. The zero-order chi connectivity index (χ0) is 47.9. The molecule has 6 heteroatoms. The Morgan fingerprint density at radius 2 is 0.712 bits per heavy atom.